The number of nitrogens with zero attached hydrogens (tertiary/aromatic N) is 4. The van der Waals surface area contributed by atoms with E-state index in [9.17, 15) is 9.59 Å². The Hall–Kier alpha value is -2.09. The molecule has 8 nitrogen and oxygen atoms in total. The highest BCUT2D eigenvalue weighted by atomic mass is 16.5. The molecule has 128 valence electrons. The van der Waals surface area contributed by atoms with Crippen molar-refractivity contribution in [1.29, 1.82) is 0 Å². The lowest BCUT2D eigenvalue weighted by atomic mass is 10.1. The van der Waals surface area contributed by atoms with E-state index in [0.29, 0.717) is 39.1 Å². The number of ether oxygens (including phenoxy) is 1. The zero-order valence-corrected chi connectivity index (χ0v) is 14.0. The fourth-order valence-electron chi connectivity index (χ4n) is 2.62. The summed E-state index contributed by atoms with van der Waals surface area (Å²) in [5, 5.41) is 7.14. The highest BCUT2D eigenvalue weighted by Crippen LogP contribution is 2.11. The van der Waals surface area contributed by atoms with Crippen LogP contribution < -0.4 is 5.32 Å². The Balaban J connectivity index is 1.94. The lowest BCUT2D eigenvalue weighted by Gasteiger charge is -2.32. The third kappa shape index (κ3) is 4.95. The fourth-order valence-corrected chi connectivity index (χ4v) is 2.62. The molecule has 0 bridgehead atoms. The SMILES string of the molecule is COCCN(Cc1cnn(C)c1)C(=O)N[C@@H]1CCC(=O)N(C)C1. The maximum Gasteiger partial charge on any atom is 0.318 e. The summed E-state index contributed by atoms with van der Waals surface area (Å²) >= 11 is 0. The third-order valence-corrected chi connectivity index (χ3v) is 3.94. The minimum Gasteiger partial charge on any atom is -0.383 e. The minimum atomic E-state index is -0.140. The van der Waals surface area contributed by atoms with Crippen LogP contribution in [0.15, 0.2) is 12.4 Å². The summed E-state index contributed by atoms with van der Waals surface area (Å²) in [5.41, 5.74) is 0.967. The molecule has 1 N–H and O–H groups in total. The molecule has 1 fully saturated rings. The summed E-state index contributed by atoms with van der Waals surface area (Å²) in [4.78, 5) is 27.4. The molecule has 0 aliphatic carbocycles. The van der Waals surface area contributed by atoms with Crippen molar-refractivity contribution in [2.75, 3.05) is 33.9 Å². The number of carbonyl (C=O) groups is 2. The summed E-state index contributed by atoms with van der Waals surface area (Å²) in [6.07, 6.45) is 4.79. The molecular weight excluding hydrogens is 298 g/mol. The van der Waals surface area contributed by atoms with E-state index in [1.807, 2.05) is 13.2 Å². The largest absolute Gasteiger partial charge is 0.383 e. The minimum absolute atomic E-state index is 0.0101. The van der Waals surface area contributed by atoms with Gasteiger partial charge in [-0.25, -0.2) is 4.79 Å². The Labute approximate surface area is 136 Å². The molecule has 1 aliphatic heterocycles. The quantitative estimate of drug-likeness (QED) is 0.811. The molecule has 0 spiro atoms. The van der Waals surface area contributed by atoms with E-state index in [1.165, 1.54) is 0 Å². The van der Waals surface area contributed by atoms with Crippen molar-refractivity contribution in [2.24, 2.45) is 7.05 Å². The molecule has 0 aromatic carbocycles. The number of hydrogen-bond acceptors (Lipinski definition) is 4. The van der Waals surface area contributed by atoms with E-state index in [1.54, 1.807) is 34.8 Å². The van der Waals surface area contributed by atoms with Gasteiger partial charge in [0.15, 0.2) is 0 Å². The number of urea groups is 1. The van der Waals surface area contributed by atoms with Gasteiger partial charge in [0, 0.05) is 58.5 Å². The highest BCUT2D eigenvalue weighted by Gasteiger charge is 2.25. The third-order valence-electron chi connectivity index (χ3n) is 3.94. The van der Waals surface area contributed by atoms with Gasteiger partial charge in [-0.1, -0.05) is 0 Å². The lowest BCUT2D eigenvalue weighted by Crippen LogP contribution is -2.52. The lowest BCUT2D eigenvalue weighted by molar-refractivity contribution is -0.132. The number of carbonyl (C=O) groups excluding carboxylic acids is 2. The summed E-state index contributed by atoms with van der Waals surface area (Å²) in [6, 6.07) is -0.150. The van der Waals surface area contributed by atoms with E-state index < -0.39 is 0 Å². The number of hydrogen-bond donors (Lipinski definition) is 1. The molecule has 1 aliphatic rings. The van der Waals surface area contributed by atoms with Gasteiger partial charge in [-0.15, -0.1) is 0 Å². The molecular formula is C15H25N5O3. The van der Waals surface area contributed by atoms with Crippen molar-refractivity contribution in [2.45, 2.75) is 25.4 Å². The number of aromatic nitrogens is 2. The van der Waals surface area contributed by atoms with Gasteiger partial charge in [0.25, 0.3) is 0 Å². The summed E-state index contributed by atoms with van der Waals surface area (Å²) < 4.78 is 6.80. The Morgan fingerprint density at radius 2 is 2.30 bits per heavy atom. The number of likely N-dealkylation sites (N-methyl/N-ethyl adjacent to an activating group) is 1. The van der Waals surface area contributed by atoms with Gasteiger partial charge in [-0.2, -0.15) is 5.10 Å². The normalized spacial score (nSPS) is 18.1. The molecule has 2 heterocycles. The van der Waals surface area contributed by atoms with Gasteiger partial charge < -0.3 is 19.9 Å². The average molecular weight is 323 g/mol. The van der Waals surface area contributed by atoms with Crippen LogP contribution in [0.2, 0.25) is 0 Å². The van der Waals surface area contributed by atoms with Gasteiger partial charge >= 0.3 is 6.03 Å². The van der Waals surface area contributed by atoms with Gasteiger partial charge in [-0.3, -0.25) is 9.48 Å². The van der Waals surface area contributed by atoms with Crippen molar-refractivity contribution < 1.29 is 14.3 Å². The molecule has 2 rings (SSSR count). The first kappa shape index (κ1) is 17.3. The van der Waals surface area contributed by atoms with Crippen LogP contribution >= 0.6 is 0 Å². The molecule has 23 heavy (non-hydrogen) atoms. The van der Waals surface area contributed by atoms with Gasteiger partial charge in [0.1, 0.15) is 0 Å². The molecule has 0 unspecified atom stereocenters. The Morgan fingerprint density at radius 3 is 2.91 bits per heavy atom. The van der Waals surface area contributed by atoms with E-state index in [0.717, 1.165) is 5.56 Å². The molecule has 3 amide bonds. The standard InChI is InChI=1S/C15H25N5O3/c1-18-11-13(4-5-14(18)21)17-15(22)20(6-7-23-3)10-12-8-16-19(2)9-12/h8-9,13H,4-7,10-11H2,1-3H3,(H,17,22)/t13-/m1/s1. The van der Waals surface area contributed by atoms with Crippen LogP contribution in [0.1, 0.15) is 18.4 Å². The number of likely N-dealkylation sites (tertiary alicyclic amines) is 1. The van der Waals surface area contributed by atoms with Crippen molar-refractivity contribution in [3.05, 3.63) is 18.0 Å². The van der Waals surface area contributed by atoms with E-state index in [-0.39, 0.29) is 18.0 Å². The van der Waals surface area contributed by atoms with Crippen molar-refractivity contribution >= 4 is 11.9 Å². The average Bonchev–Trinajstić information content (AvgIpc) is 2.92. The van der Waals surface area contributed by atoms with E-state index in [4.69, 9.17) is 4.74 Å². The fraction of sp³-hybridized carbons (Fsp3) is 0.667. The number of methoxy groups -OCH3 is 1. The molecule has 0 saturated carbocycles. The number of aryl methyl sites for hydroxylation is 1. The van der Waals surface area contributed by atoms with Crippen LogP contribution in [0, 0.1) is 0 Å². The van der Waals surface area contributed by atoms with Gasteiger partial charge in [0.05, 0.1) is 19.3 Å². The molecule has 0 radical (unpaired) electrons. The van der Waals surface area contributed by atoms with E-state index >= 15 is 0 Å². The van der Waals surface area contributed by atoms with E-state index in [2.05, 4.69) is 10.4 Å². The van der Waals surface area contributed by atoms with Crippen LogP contribution in [0.25, 0.3) is 0 Å². The monoisotopic (exact) mass is 323 g/mol. The summed E-state index contributed by atoms with van der Waals surface area (Å²) in [5.74, 6) is 0.127. The molecule has 8 heteroatoms. The van der Waals surface area contributed by atoms with Crippen LogP contribution in [-0.2, 0) is 23.1 Å². The first-order chi connectivity index (χ1) is 11.0. The molecule has 1 saturated heterocycles. The van der Waals surface area contributed by atoms with Crippen molar-refractivity contribution in [1.82, 2.24) is 24.9 Å². The van der Waals surface area contributed by atoms with Crippen LogP contribution in [-0.4, -0.2) is 71.4 Å². The number of rotatable bonds is 6. The zero-order chi connectivity index (χ0) is 16.8. The highest BCUT2D eigenvalue weighted by molar-refractivity contribution is 5.78. The topological polar surface area (TPSA) is 79.7 Å². The predicted octanol–water partition coefficient (Wildman–Crippen LogP) is 0.199. The zero-order valence-electron chi connectivity index (χ0n) is 14.0. The summed E-state index contributed by atoms with van der Waals surface area (Å²) in [6.45, 7) is 2.00. The molecule has 1 aromatic rings. The second kappa shape index (κ2) is 7.96. The maximum absolute atomic E-state index is 12.5. The summed E-state index contributed by atoms with van der Waals surface area (Å²) in [7, 11) is 5.22. The predicted molar refractivity (Wildman–Crippen MR) is 84.7 cm³/mol. The van der Waals surface area contributed by atoms with Crippen LogP contribution in [0.3, 0.4) is 0 Å². The number of nitrogens with one attached hydrogen (secondary N) is 1. The Kier molecular flexibility index (Phi) is 5.97. The smallest absolute Gasteiger partial charge is 0.318 e. The first-order valence-electron chi connectivity index (χ1n) is 7.75. The maximum atomic E-state index is 12.5. The first-order valence-corrected chi connectivity index (χ1v) is 7.75. The number of amides is 3. The van der Waals surface area contributed by atoms with Gasteiger partial charge in [0.2, 0.25) is 5.91 Å². The Morgan fingerprint density at radius 1 is 1.52 bits per heavy atom. The number of piperidine rings is 1. The second-order valence-electron chi connectivity index (χ2n) is 5.90. The van der Waals surface area contributed by atoms with Crippen LogP contribution in [0.5, 0.6) is 0 Å². The Bertz CT molecular complexity index is 545. The van der Waals surface area contributed by atoms with Crippen LogP contribution in [0.4, 0.5) is 4.79 Å². The second-order valence-corrected chi connectivity index (χ2v) is 5.90. The van der Waals surface area contributed by atoms with Gasteiger partial charge in [-0.05, 0) is 6.42 Å². The molecule has 1 aromatic heterocycles. The molecule has 1 atom stereocenters. The van der Waals surface area contributed by atoms with Crippen molar-refractivity contribution in [3.63, 3.8) is 0 Å². The van der Waals surface area contributed by atoms with Crippen molar-refractivity contribution in [3.8, 4) is 0 Å².